The number of H-pyrrole nitrogens is 1. The van der Waals surface area contributed by atoms with Gasteiger partial charge in [-0.1, -0.05) is 6.92 Å². The van der Waals surface area contributed by atoms with Crippen LogP contribution in [0.15, 0.2) is 28.0 Å². The highest BCUT2D eigenvalue weighted by atomic mass is 32.2. The number of hydrogen-bond acceptors (Lipinski definition) is 5. The van der Waals surface area contributed by atoms with Crippen molar-refractivity contribution < 1.29 is 8.42 Å². The second-order valence-corrected chi connectivity index (χ2v) is 7.23. The number of thiophene rings is 1. The maximum absolute atomic E-state index is 12.4. The SMILES string of the molecule is CCCNCc1cn[nH]c1S(=O)(=O)NC(C)c1ccsc1. The molecule has 0 saturated carbocycles. The van der Waals surface area contributed by atoms with E-state index in [1.54, 1.807) is 17.5 Å². The third-order valence-electron chi connectivity index (χ3n) is 3.06. The van der Waals surface area contributed by atoms with Gasteiger partial charge in [0.25, 0.3) is 10.0 Å². The van der Waals surface area contributed by atoms with Crippen molar-refractivity contribution >= 4 is 21.4 Å². The van der Waals surface area contributed by atoms with Crippen LogP contribution in [0.4, 0.5) is 0 Å². The van der Waals surface area contributed by atoms with Gasteiger partial charge in [0.05, 0.1) is 6.20 Å². The average molecular weight is 328 g/mol. The fraction of sp³-hybridized carbons (Fsp3) is 0.462. The molecule has 0 aliphatic carbocycles. The molecule has 21 heavy (non-hydrogen) atoms. The van der Waals surface area contributed by atoms with Crippen LogP contribution in [0, 0.1) is 0 Å². The highest BCUT2D eigenvalue weighted by Crippen LogP contribution is 2.19. The van der Waals surface area contributed by atoms with Crippen LogP contribution in [0.25, 0.3) is 0 Å². The minimum absolute atomic E-state index is 0.133. The van der Waals surface area contributed by atoms with E-state index < -0.39 is 10.0 Å². The van der Waals surface area contributed by atoms with Crippen molar-refractivity contribution in [2.45, 2.75) is 37.9 Å². The third-order valence-corrected chi connectivity index (χ3v) is 5.32. The first-order chi connectivity index (χ1) is 10.0. The molecular weight excluding hydrogens is 308 g/mol. The van der Waals surface area contributed by atoms with Gasteiger partial charge in [0.15, 0.2) is 5.03 Å². The lowest BCUT2D eigenvalue weighted by atomic mass is 10.2. The van der Waals surface area contributed by atoms with Crippen LogP contribution >= 0.6 is 11.3 Å². The van der Waals surface area contributed by atoms with Crippen LogP contribution in [0.5, 0.6) is 0 Å². The molecule has 0 aliphatic rings. The molecule has 0 aromatic carbocycles. The van der Waals surface area contributed by atoms with Gasteiger partial charge in [-0.3, -0.25) is 5.10 Å². The summed E-state index contributed by atoms with van der Waals surface area (Å²) in [7, 11) is -3.61. The Morgan fingerprint density at radius 2 is 2.29 bits per heavy atom. The lowest BCUT2D eigenvalue weighted by Gasteiger charge is -2.13. The molecule has 6 nitrogen and oxygen atoms in total. The van der Waals surface area contributed by atoms with Crippen LogP contribution in [0.1, 0.15) is 37.4 Å². The smallest absolute Gasteiger partial charge is 0.258 e. The number of nitrogens with one attached hydrogen (secondary N) is 3. The Kier molecular flexibility index (Phi) is 5.51. The van der Waals surface area contributed by atoms with Crippen LogP contribution in [-0.2, 0) is 16.6 Å². The van der Waals surface area contributed by atoms with E-state index in [9.17, 15) is 8.42 Å². The Hall–Kier alpha value is -1.22. The maximum atomic E-state index is 12.4. The molecule has 0 aliphatic heterocycles. The molecule has 116 valence electrons. The molecule has 8 heteroatoms. The van der Waals surface area contributed by atoms with Crippen molar-refractivity contribution in [1.82, 2.24) is 20.2 Å². The van der Waals surface area contributed by atoms with Crippen molar-refractivity contribution in [3.63, 3.8) is 0 Å². The summed E-state index contributed by atoms with van der Waals surface area (Å²) in [5, 5.41) is 13.6. The average Bonchev–Trinajstić information content (AvgIpc) is 3.10. The molecule has 2 aromatic rings. The number of hydrogen-bond donors (Lipinski definition) is 3. The molecular formula is C13H20N4O2S2. The second-order valence-electron chi connectivity index (χ2n) is 4.80. The van der Waals surface area contributed by atoms with Gasteiger partial charge in [-0.2, -0.15) is 16.4 Å². The zero-order chi connectivity index (χ0) is 15.3. The Labute approximate surface area is 129 Å². The van der Waals surface area contributed by atoms with Crippen LogP contribution in [0.3, 0.4) is 0 Å². The number of nitrogens with zero attached hydrogens (tertiary/aromatic N) is 1. The van der Waals surface area contributed by atoms with E-state index in [-0.39, 0.29) is 11.1 Å². The van der Waals surface area contributed by atoms with E-state index in [1.165, 1.54) is 0 Å². The van der Waals surface area contributed by atoms with Crippen molar-refractivity contribution in [3.8, 4) is 0 Å². The number of aromatic nitrogens is 2. The third kappa shape index (κ3) is 4.13. The summed E-state index contributed by atoms with van der Waals surface area (Å²) >= 11 is 1.54. The first-order valence-corrected chi connectivity index (χ1v) is 9.24. The number of rotatable bonds is 8. The predicted octanol–water partition coefficient (Wildman–Crippen LogP) is 2.01. The summed E-state index contributed by atoms with van der Waals surface area (Å²) in [6.07, 6.45) is 2.54. The van der Waals surface area contributed by atoms with Gasteiger partial charge in [-0.15, -0.1) is 0 Å². The summed E-state index contributed by atoms with van der Waals surface area (Å²) in [5.74, 6) is 0. The summed E-state index contributed by atoms with van der Waals surface area (Å²) in [6, 6.07) is 1.63. The molecule has 2 heterocycles. The van der Waals surface area contributed by atoms with Crippen molar-refractivity contribution in [2.75, 3.05) is 6.54 Å². The van der Waals surface area contributed by atoms with Crippen LogP contribution in [-0.4, -0.2) is 25.2 Å². The molecule has 0 fully saturated rings. The fourth-order valence-corrected chi connectivity index (χ4v) is 4.06. The Bertz CT molecular complexity index is 650. The number of sulfonamides is 1. The van der Waals surface area contributed by atoms with E-state index in [2.05, 4.69) is 27.2 Å². The first-order valence-electron chi connectivity index (χ1n) is 6.82. The molecule has 2 aromatic heterocycles. The molecule has 0 radical (unpaired) electrons. The Morgan fingerprint density at radius 1 is 1.48 bits per heavy atom. The van der Waals surface area contributed by atoms with Gasteiger partial charge >= 0.3 is 0 Å². The van der Waals surface area contributed by atoms with E-state index in [1.807, 2.05) is 23.8 Å². The standard InChI is InChI=1S/C13H20N4O2S2/c1-3-5-14-7-12-8-15-16-13(12)21(18,19)17-10(2)11-4-6-20-9-11/h4,6,8-10,14,17H,3,5,7H2,1-2H3,(H,15,16). The van der Waals surface area contributed by atoms with Crippen LogP contribution in [0.2, 0.25) is 0 Å². The van der Waals surface area contributed by atoms with Gasteiger partial charge in [-0.05, 0) is 42.3 Å². The van der Waals surface area contributed by atoms with Crippen molar-refractivity contribution in [2.24, 2.45) is 0 Å². The van der Waals surface area contributed by atoms with E-state index in [4.69, 9.17) is 0 Å². The van der Waals surface area contributed by atoms with Crippen molar-refractivity contribution in [1.29, 1.82) is 0 Å². The molecule has 0 bridgehead atoms. The summed E-state index contributed by atoms with van der Waals surface area (Å²) in [4.78, 5) is 0. The lowest BCUT2D eigenvalue weighted by molar-refractivity contribution is 0.560. The second kappa shape index (κ2) is 7.17. The maximum Gasteiger partial charge on any atom is 0.258 e. The highest BCUT2D eigenvalue weighted by Gasteiger charge is 2.23. The number of aromatic amines is 1. The monoisotopic (exact) mass is 328 g/mol. The van der Waals surface area contributed by atoms with Crippen LogP contribution < -0.4 is 10.0 Å². The fourth-order valence-electron chi connectivity index (χ4n) is 1.94. The molecule has 1 unspecified atom stereocenters. The Balaban J connectivity index is 2.11. The Morgan fingerprint density at radius 3 is 2.95 bits per heavy atom. The van der Waals surface area contributed by atoms with E-state index in [0.717, 1.165) is 18.5 Å². The normalized spacial score (nSPS) is 13.4. The predicted molar refractivity (Wildman–Crippen MR) is 83.6 cm³/mol. The van der Waals surface area contributed by atoms with Gasteiger partial charge < -0.3 is 5.32 Å². The molecule has 0 amide bonds. The quantitative estimate of drug-likeness (QED) is 0.647. The summed E-state index contributed by atoms with van der Waals surface area (Å²) in [5.41, 5.74) is 1.60. The summed E-state index contributed by atoms with van der Waals surface area (Å²) < 4.78 is 27.6. The molecule has 0 saturated heterocycles. The first kappa shape index (κ1) is 16.2. The zero-order valence-electron chi connectivity index (χ0n) is 12.1. The van der Waals surface area contributed by atoms with Crippen molar-refractivity contribution in [3.05, 3.63) is 34.2 Å². The zero-order valence-corrected chi connectivity index (χ0v) is 13.7. The van der Waals surface area contributed by atoms with Gasteiger partial charge in [0.1, 0.15) is 0 Å². The highest BCUT2D eigenvalue weighted by molar-refractivity contribution is 7.89. The molecule has 0 spiro atoms. The molecule has 3 N–H and O–H groups in total. The topological polar surface area (TPSA) is 86.9 Å². The minimum Gasteiger partial charge on any atom is -0.313 e. The lowest BCUT2D eigenvalue weighted by Crippen LogP contribution is -2.28. The largest absolute Gasteiger partial charge is 0.313 e. The molecule has 1 atom stereocenters. The van der Waals surface area contributed by atoms with Gasteiger partial charge in [0, 0.05) is 18.2 Å². The van der Waals surface area contributed by atoms with E-state index >= 15 is 0 Å². The summed E-state index contributed by atoms with van der Waals surface area (Å²) in [6.45, 7) is 5.20. The molecule has 2 rings (SSSR count). The van der Waals surface area contributed by atoms with E-state index in [0.29, 0.717) is 12.1 Å². The van der Waals surface area contributed by atoms with Gasteiger partial charge in [0.2, 0.25) is 0 Å². The van der Waals surface area contributed by atoms with Gasteiger partial charge in [-0.25, -0.2) is 13.1 Å². The minimum atomic E-state index is -3.61.